The lowest BCUT2D eigenvalue weighted by Crippen LogP contribution is -2.56. The van der Waals surface area contributed by atoms with E-state index >= 15 is 0 Å². The number of hydrogen-bond acceptors (Lipinski definition) is 7. The first kappa shape index (κ1) is 25.4. The average molecular weight is 487 g/mol. The number of carbonyl (C=O) groups is 3. The minimum Gasteiger partial charge on any atom is -0.493 e. The molecule has 2 aromatic rings. The van der Waals surface area contributed by atoms with Crippen LogP contribution in [0.2, 0.25) is 0 Å². The van der Waals surface area contributed by atoms with Gasteiger partial charge in [-0.2, -0.15) is 0 Å². The van der Waals surface area contributed by atoms with Crippen LogP contribution >= 0.6 is 11.8 Å². The molecule has 3 amide bonds. The highest BCUT2D eigenvalue weighted by atomic mass is 32.2. The van der Waals surface area contributed by atoms with Crippen LogP contribution in [0.25, 0.3) is 0 Å². The fourth-order valence-electron chi connectivity index (χ4n) is 3.52. The molecule has 9 nitrogen and oxygen atoms in total. The summed E-state index contributed by atoms with van der Waals surface area (Å²) < 4.78 is 10.4. The Labute approximate surface area is 203 Å². The van der Waals surface area contributed by atoms with Gasteiger partial charge in [-0.3, -0.25) is 19.7 Å². The largest absolute Gasteiger partial charge is 0.493 e. The van der Waals surface area contributed by atoms with Gasteiger partial charge in [-0.15, -0.1) is 11.8 Å². The van der Waals surface area contributed by atoms with Gasteiger partial charge in [0.15, 0.2) is 11.5 Å². The molecule has 1 fully saturated rings. The average Bonchev–Trinajstić information content (AvgIpc) is 2.83. The fraction of sp³-hybridized carbons (Fsp3) is 0.375. The summed E-state index contributed by atoms with van der Waals surface area (Å²) in [5.74, 6) is 0.700. The van der Waals surface area contributed by atoms with Crippen molar-refractivity contribution in [2.24, 2.45) is 0 Å². The third-order valence-corrected chi connectivity index (χ3v) is 6.19. The number of anilines is 1. The summed E-state index contributed by atoms with van der Waals surface area (Å²) in [6.07, 6.45) is 1.15. The van der Waals surface area contributed by atoms with E-state index in [4.69, 9.17) is 9.47 Å². The summed E-state index contributed by atoms with van der Waals surface area (Å²) in [7, 11) is 3.07. The molecule has 0 aromatic heterocycles. The quantitative estimate of drug-likeness (QED) is 0.383. The molecule has 34 heavy (non-hydrogen) atoms. The molecule has 0 radical (unpaired) electrons. The molecule has 2 unspecified atom stereocenters. The van der Waals surface area contributed by atoms with E-state index in [0.717, 1.165) is 12.0 Å². The Bertz CT molecular complexity index is 989. The van der Waals surface area contributed by atoms with Crippen molar-refractivity contribution in [2.45, 2.75) is 30.8 Å². The second kappa shape index (κ2) is 12.9. The molecule has 2 atom stereocenters. The number of ether oxygens (including phenoxy) is 2. The number of methoxy groups -OCH3 is 2. The zero-order chi connectivity index (χ0) is 24.3. The topological polar surface area (TPSA) is 118 Å². The van der Waals surface area contributed by atoms with Crippen LogP contribution in [0.5, 0.6) is 11.5 Å². The second-order valence-electron chi connectivity index (χ2n) is 7.73. The molecule has 2 aromatic carbocycles. The van der Waals surface area contributed by atoms with Crippen LogP contribution in [0.15, 0.2) is 48.5 Å². The molecule has 1 aliphatic rings. The van der Waals surface area contributed by atoms with Crippen molar-refractivity contribution in [2.75, 3.05) is 31.8 Å². The molecular formula is C24H30N4O5S. The zero-order valence-corrected chi connectivity index (χ0v) is 20.1. The molecule has 4 N–H and O–H groups in total. The van der Waals surface area contributed by atoms with Crippen molar-refractivity contribution < 1.29 is 23.9 Å². The number of benzene rings is 2. The van der Waals surface area contributed by atoms with Gasteiger partial charge in [-0.05, 0) is 24.1 Å². The first-order valence-corrected chi connectivity index (χ1v) is 12.0. The van der Waals surface area contributed by atoms with Crippen molar-refractivity contribution in [3.05, 3.63) is 54.1 Å². The van der Waals surface area contributed by atoms with Crippen LogP contribution in [-0.4, -0.2) is 55.8 Å². The molecular weight excluding hydrogens is 456 g/mol. The van der Waals surface area contributed by atoms with Gasteiger partial charge in [0.25, 0.3) is 0 Å². The van der Waals surface area contributed by atoms with E-state index in [0.29, 0.717) is 23.7 Å². The lowest BCUT2D eigenvalue weighted by molar-refractivity contribution is -0.125. The monoisotopic (exact) mass is 486 g/mol. The van der Waals surface area contributed by atoms with Crippen LogP contribution in [0, 0.1) is 0 Å². The number of nitrogens with one attached hydrogen (secondary N) is 4. The first-order chi connectivity index (χ1) is 16.5. The highest BCUT2D eigenvalue weighted by molar-refractivity contribution is 8.00. The predicted octanol–water partition coefficient (Wildman–Crippen LogP) is 1.89. The SMILES string of the molecule is COc1ccc(NC(=O)CSC2NC(=O)CC(CC(=O)NCCc3ccccc3)N2)cc1OC. The number of amides is 3. The fourth-order valence-corrected chi connectivity index (χ4v) is 4.42. The van der Waals surface area contributed by atoms with Gasteiger partial charge in [0.05, 0.1) is 20.0 Å². The van der Waals surface area contributed by atoms with Crippen LogP contribution in [-0.2, 0) is 20.8 Å². The predicted molar refractivity (Wildman–Crippen MR) is 132 cm³/mol. The van der Waals surface area contributed by atoms with E-state index < -0.39 is 5.50 Å². The summed E-state index contributed by atoms with van der Waals surface area (Å²) in [5.41, 5.74) is 1.27. The lowest BCUT2D eigenvalue weighted by Gasteiger charge is -2.30. The van der Waals surface area contributed by atoms with Gasteiger partial charge in [-0.1, -0.05) is 30.3 Å². The van der Waals surface area contributed by atoms with Gasteiger partial charge in [0, 0.05) is 37.2 Å². The maximum absolute atomic E-state index is 12.4. The number of hydrogen-bond donors (Lipinski definition) is 4. The normalized spacial score (nSPS) is 17.4. The van der Waals surface area contributed by atoms with Crippen LogP contribution in [0.3, 0.4) is 0 Å². The third-order valence-electron chi connectivity index (χ3n) is 5.17. The Kier molecular flexibility index (Phi) is 9.60. The van der Waals surface area contributed by atoms with Crippen molar-refractivity contribution in [1.82, 2.24) is 16.0 Å². The van der Waals surface area contributed by atoms with Crippen LogP contribution < -0.4 is 30.7 Å². The number of carbonyl (C=O) groups excluding carboxylic acids is 3. The summed E-state index contributed by atoms with van der Waals surface area (Å²) in [6, 6.07) is 14.7. The van der Waals surface area contributed by atoms with Crippen LogP contribution in [0.1, 0.15) is 18.4 Å². The van der Waals surface area contributed by atoms with Gasteiger partial charge in [-0.25, -0.2) is 0 Å². The van der Waals surface area contributed by atoms with Gasteiger partial charge in [0.2, 0.25) is 17.7 Å². The third kappa shape index (κ3) is 7.96. The summed E-state index contributed by atoms with van der Waals surface area (Å²) in [5, 5.41) is 11.7. The van der Waals surface area contributed by atoms with E-state index in [9.17, 15) is 14.4 Å². The lowest BCUT2D eigenvalue weighted by atomic mass is 10.1. The Morgan fingerprint density at radius 3 is 2.56 bits per heavy atom. The molecule has 1 heterocycles. The highest BCUT2D eigenvalue weighted by Crippen LogP contribution is 2.29. The number of rotatable bonds is 11. The minimum atomic E-state index is -0.459. The van der Waals surface area contributed by atoms with Gasteiger partial charge in [0.1, 0.15) is 5.50 Å². The second-order valence-corrected chi connectivity index (χ2v) is 8.83. The molecule has 10 heteroatoms. The van der Waals surface area contributed by atoms with Crippen molar-refractivity contribution in [3.8, 4) is 11.5 Å². The summed E-state index contributed by atoms with van der Waals surface area (Å²) in [4.78, 5) is 36.8. The number of thioether (sulfide) groups is 1. The minimum absolute atomic E-state index is 0.113. The van der Waals surface area contributed by atoms with E-state index in [1.165, 1.54) is 18.9 Å². The Morgan fingerprint density at radius 1 is 1.06 bits per heavy atom. The highest BCUT2D eigenvalue weighted by Gasteiger charge is 2.28. The summed E-state index contributed by atoms with van der Waals surface area (Å²) in [6.45, 7) is 0.538. The molecule has 0 spiro atoms. The van der Waals surface area contributed by atoms with E-state index in [1.54, 1.807) is 25.3 Å². The van der Waals surface area contributed by atoms with Crippen molar-refractivity contribution in [1.29, 1.82) is 0 Å². The Balaban J connectivity index is 1.41. The molecule has 0 bridgehead atoms. The molecule has 0 aliphatic carbocycles. The van der Waals surface area contributed by atoms with Gasteiger partial charge >= 0.3 is 0 Å². The maximum atomic E-state index is 12.4. The van der Waals surface area contributed by atoms with E-state index in [1.807, 2.05) is 30.3 Å². The zero-order valence-electron chi connectivity index (χ0n) is 19.3. The Morgan fingerprint density at radius 2 is 1.82 bits per heavy atom. The Hall–Kier alpha value is -3.24. The standard InChI is InChI=1S/C24H30N4O5S/c1-32-19-9-8-17(12-20(19)33-2)26-23(31)15-34-24-27-18(14-22(30)28-24)13-21(29)25-11-10-16-6-4-3-5-7-16/h3-9,12,18,24,27H,10-11,13-15H2,1-2H3,(H,25,29)(H,26,31)(H,28,30). The van der Waals surface area contributed by atoms with Crippen molar-refractivity contribution in [3.63, 3.8) is 0 Å². The van der Waals surface area contributed by atoms with E-state index in [2.05, 4.69) is 21.3 Å². The van der Waals surface area contributed by atoms with E-state index in [-0.39, 0.29) is 42.4 Å². The maximum Gasteiger partial charge on any atom is 0.234 e. The van der Waals surface area contributed by atoms with Crippen LogP contribution in [0.4, 0.5) is 5.69 Å². The van der Waals surface area contributed by atoms with Gasteiger partial charge < -0.3 is 25.4 Å². The smallest absolute Gasteiger partial charge is 0.234 e. The molecule has 182 valence electrons. The molecule has 1 aliphatic heterocycles. The van der Waals surface area contributed by atoms with Crippen molar-refractivity contribution >= 4 is 35.2 Å². The molecule has 0 saturated carbocycles. The molecule has 3 rings (SSSR count). The first-order valence-electron chi connectivity index (χ1n) is 11.0. The molecule has 1 saturated heterocycles. The summed E-state index contributed by atoms with van der Waals surface area (Å²) >= 11 is 1.25.